The van der Waals surface area contributed by atoms with Crippen LogP contribution in [0, 0.1) is 15.5 Å². The smallest absolute Gasteiger partial charge is 0.288 e. The molecule has 0 fully saturated rings. The Morgan fingerprint density at radius 1 is 1.36 bits per heavy atom. The van der Waals surface area contributed by atoms with E-state index in [9.17, 15) is 10.1 Å². The fourth-order valence-electron chi connectivity index (χ4n) is 2.00. The van der Waals surface area contributed by atoms with Gasteiger partial charge in [-0.3, -0.25) is 4.57 Å². The fraction of sp³-hybridized carbons (Fsp3) is 0.267. The van der Waals surface area contributed by atoms with Crippen LogP contribution >= 0.6 is 11.6 Å². The SMILES string of the molecule is CC(C)(C)/C(=C\n1ccnc1O[N+](=O)[O-])c1ccc(Cl)cc1. The molecule has 0 radical (unpaired) electrons. The van der Waals surface area contributed by atoms with Gasteiger partial charge in [0.05, 0.1) is 0 Å². The van der Waals surface area contributed by atoms with Gasteiger partial charge in [0, 0.05) is 23.6 Å². The van der Waals surface area contributed by atoms with Crippen molar-refractivity contribution in [3.05, 3.63) is 57.4 Å². The van der Waals surface area contributed by atoms with Crippen molar-refractivity contribution in [1.29, 1.82) is 0 Å². The van der Waals surface area contributed by atoms with Crippen LogP contribution in [0.5, 0.6) is 6.01 Å². The molecule has 7 heteroatoms. The first-order valence-electron chi connectivity index (χ1n) is 6.61. The highest BCUT2D eigenvalue weighted by molar-refractivity contribution is 6.30. The van der Waals surface area contributed by atoms with Crippen LogP contribution in [-0.2, 0) is 0 Å². The molecule has 0 aliphatic rings. The third kappa shape index (κ3) is 3.85. The van der Waals surface area contributed by atoms with Crippen LogP contribution in [0.3, 0.4) is 0 Å². The molecule has 2 aromatic rings. The lowest BCUT2D eigenvalue weighted by atomic mass is 9.82. The standard InChI is InChI=1S/C15H16ClN3O3/c1-15(2,3)13(11-4-6-12(16)7-5-11)10-18-9-8-17-14(18)22-19(20)21/h4-10H,1-3H3/b13-10-. The van der Waals surface area contributed by atoms with Crippen molar-refractivity contribution in [3.8, 4) is 6.01 Å². The molecule has 6 nitrogen and oxygen atoms in total. The third-order valence-electron chi connectivity index (χ3n) is 3.02. The van der Waals surface area contributed by atoms with Crippen molar-refractivity contribution >= 4 is 23.4 Å². The summed E-state index contributed by atoms with van der Waals surface area (Å²) in [7, 11) is 0. The van der Waals surface area contributed by atoms with Crippen molar-refractivity contribution in [1.82, 2.24) is 9.55 Å². The summed E-state index contributed by atoms with van der Waals surface area (Å²) >= 11 is 5.93. The van der Waals surface area contributed by atoms with E-state index in [-0.39, 0.29) is 11.4 Å². The van der Waals surface area contributed by atoms with Gasteiger partial charge in [-0.15, -0.1) is 10.1 Å². The normalized spacial score (nSPS) is 12.3. The molecule has 0 saturated carbocycles. The van der Waals surface area contributed by atoms with Crippen molar-refractivity contribution < 1.29 is 9.92 Å². The summed E-state index contributed by atoms with van der Waals surface area (Å²) in [6.07, 6.45) is 4.81. The van der Waals surface area contributed by atoms with Crippen LogP contribution in [0.15, 0.2) is 36.7 Å². The first kappa shape index (κ1) is 16.0. The van der Waals surface area contributed by atoms with E-state index in [1.54, 1.807) is 24.5 Å². The molecule has 0 aliphatic heterocycles. The Hall–Kier alpha value is -2.34. The Morgan fingerprint density at radius 2 is 2.00 bits per heavy atom. The third-order valence-corrected chi connectivity index (χ3v) is 3.27. The number of halogens is 1. The molecule has 0 amide bonds. The van der Waals surface area contributed by atoms with Crippen LogP contribution in [0.4, 0.5) is 0 Å². The van der Waals surface area contributed by atoms with Gasteiger partial charge in [-0.2, -0.15) is 0 Å². The number of allylic oxidation sites excluding steroid dienone is 1. The minimum Gasteiger partial charge on any atom is -0.288 e. The van der Waals surface area contributed by atoms with E-state index in [1.807, 2.05) is 12.1 Å². The maximum absolute atomic E-state index is 10.5. The summed E-state index contributed by atoms with van der Waals surface area (Å²) in [6.45, 7) is 6.16. The summed E-state index contributed by atoms with van der Waals surface area (Å²) in [6, 6.07) is 7.33. The summed E-state index contributed by atoms with van der Waals surface area (Å²) < 4.78 is 1.48. The van der Waals surface area contributed by atoms with E-state index in [2.05, 4.69) is 30.6 Å². The van der Waals surface area contributed by atoms with E-state index >= 15 is 0 Å². The second-order valence-corrected chi connectivity index (χ2v) is 6.17. The number of benzene rings is 1. The van der Waals surface area contributed by atoms with E-state index in [4.69, 9.17) is 11.6 Å². The predicted octanol–water partition coefficient (Wildman–Crippen LogP) is 4.15. The van der Waals surface area contributed by atoms with Gasteiger partial charge in [-0.25, -0.2) is 9.82 Å². The summed E-state index contributed by atoms with van der Waals surface area (Å²) in [5, 5.41) is 10.3. The van der Waals surface area contributed by atoms with Crippen LogP contribution < -0.4 is 4.84 Å². The molecule has 0 unspecified atom stereocenters. The van der Waals surface area contributed by atoms with Crippen molar-refractivity contribution in [2.75, 3.05) is 0 Å². The zero-order valence-electron chi connectivity index (χ0n) is 12.5. The van der Waals surface area contributed by atoms with E-state index in [0.717, 1.165) is 11.1 Å². The maximum Gasteiger partial charge on any atom is 0.302 e. The predicted molar refractivity (Wildman–Crippen MR) is 84.9 cm³/mol. The number of hydrogen-bond acceptors (Lipinski definition) is 4. The quantitative estimate of drug-likeness (QED) is 0.626. The van der Waals surface area contributed by atoms with Crippen LogP contribution in [0.1, 0.15) is 26.3 Å². The zero-order valence-corrected chi connectivity index (χ0v) is 13.2. The molecule has 0 aliphatic carbocycles. The molecule has 0 spiro atoms. The van der Waals surface area contributed by atoms with Crippen molar-refractivity contribution in [3.63, 3.8) is 0 Å². The second kappa shape index (κ2) is 6.19. The molecule has 1 aromatic heterocycles. The van der Waals surface area contributed by atoms with Gasteiger partial charge >= 0.3 is 5.09 Å². The number of nitrogens with zero attached hydrogens (tertiary/aromatic N) is 3. The van der Waals surface area contributed by atoms with Gasteiger partial charge in [0.2, 0.25) is 0 Å². The Balaban J connectivity index is 2.48. The molecule has 0 atom stereocenters. The highest BCUT2D eigenvalue weighted by Crippen LogP contribution is 2.35. The van der Waals surface area contributed by atoms with Gasteiger partial charge in [-0.1, -0.05) is 44.5 Å². The topological polar surface area (TPSA) is 70.2 Å². The summed E-state index contributed by atoms with van der Waals surface area (Å²) in [5.74, 6) is 0. The number of aromatic nitrogens is 2. The first-order valence-corrected chi connectivity index (χ1v) is 6.98. The lowest BCUT2D eigenvalue weighted by Crippen LogP contribution is -2.11. The minimum atomic E-state index is -0.883. The molecular formula is C15H16ClN3O3. The van der Waals surface area contributed by atoms with Gasteiger partial charge < -0.3 is 0 Å². The van der Waals surface area contributed by atoms with E-state index in [1.165, 1.54) is 10.8 Å². The molecule has 2 rings (SSSR count). The van der Waals surface area contributed by atoms with E-state index < -0.39 is 5.09 Å². The van der Waals surface area contributed by atoms with Gasteiger partial charge in [-0.05, 0) is 28.7 Å². The lowest BCUT2D eigenvalue weighted by Gasteiger charge is -2.24. The van der Waals surface area contributed by atoms with Crippen LogP contribution in [-0.4, -0.2) is 14.6 Å². The minimum absolute atomic E-state index is 0.0966. The highest BCUT2D eigenvalue weighted by atomic mass is 35.5. The van der Waals surface area contributed by atoms with Gasteiger partial charge in [0.1, 0.15) is 0 Å². The Kier molecular flexibility index (Phi) is 4.51. The largest absolute Gasteiger partial charge is 0.302 e. The molecule has 1 heterocycles. The van der Waals surface area contributed by atoms with Crippen LogP contribution in [0.25, 0.3) is 11.8 Å². The lowest BCUT2D eigenvalue weighted by molar-refractivity contribution is -0.713. The average molecular weight is 322 g/mol. The summed E-state index contributed by atoms with van der Waals surface area (Å²) in [4.78, 5) is 18.8. The molecule has 0 bridgehead atoms. The molecular weight excluding hydrogens is 306 g/mol. The fourth-order valence-corrected chi connectivity index (χ4v) is 2.13. The highest BCUT2D eigenvalue weighted by Gasteiger charge is 2.20. The molecule has 116 valence electrons. The average Bonchev–Trinajstić information content (AvgIpc) is 2.82. The second-order valence-electron chi connectivity index (χ2n) is 5.73. The monoisotopic (exact) mass is 321 g/mol. The summed E-state index contributed by atoms with van der Waals surface area (Å²) in [5.41, 5.74) is 1.75. The first-order chi connectivity index (χ1) is 10.3. The number of imidazole rings is 1. The maximum atomic E-state index is 10.5. The number of hydrogen-bond donors (Lipinski definition) is 0. The zero-order chi connectivity index (χ0) is 16.3. The molecule has 0 saturated heterocycles. The molecule has 0 N–H and O–H groups in total. The Morgan fingerprint density at radius 3 is 2.55 bits per heavy atom. The molecule has 1 aromatic carbocycles. The van der Waals surface area contributed by atoms with Crippen molar-refractivity contribution in [2.24, 2.45) is 5.41 Å². The van der Waals surface area contributed by atoms with Gasteiger partial charge in [0.25, 0.3) is 6.01 Å². The van der Waals surface area contributed by atoms with Crippen molar-refractivity contribution in [2.45, 2.75) is 20.8 Å². The van der Waals surface area contributed by atoms with Crippen LogP contribution in [0.2, 0.25) is 5.02 Å². The van der Waals surface area contributed by atoms with E-state index in [0.29, 0.717) is 5.02 Å². The van der Waals surface area contributed by atoms with Gasteiger partial charge in [0.15, 0.2) is 0 Å². The molecule has 22 heavy (non-hydrogen) atoms. The Labute approximate surface area is 133 Å². The number of rotatable bonds is 4. The Bertz CT molecular complexity index is 700.